The fraction of sp³-hybridized carbons (Fsp3) is 0.533. The summed E-state index contributed by atoms with van der Waals surface area (Å²) in [5.74, 6) is 0.330. The average molecular weight is 264 g/mol. The van der Waals surface area contributed by atoms with Gasteiger partial charge in [-0.25, -0.2) is 4.39 Å². The van der Waals surface area contributed by atoms with Crippen molar-refractivity contribution in [2.45, 2.75) is 19.9 Å². The number of nitrogens with one attached hydrogen (secondary N) is 1. The fourth-order valence-electron chi connectivity index (χ4n) is 2.56. The highest BCUT2D eigenvalue weighted by Gasteiger charge is 2.33. The van der Waals surface area contributed by atoms with Crippen LogP contribution in [0, 0.1) is 17.7 Å². The lowest BCUT2D eigenvalue weighted by Gasteiger charge is -2.29. The van der Waals surface area contributed by atoms with Crippen molar-refractivity contribution in [1.82, 2.24) is 10.2 Å². The van der Waals surface area contributed by atoms with E-state index in [1.807, 2.05) is 14.0 Å². The SMILES string of the molecule is CC(c1ccc(F)cc1)N(C)C(=O)[C@@H]1CNC[C@H]1C. The quantitative estimate of drug-likeness (QED) is 0.907. The predicted octanol–water partition coefficient (Wildman–Crippen LogP) is 2.20. The van der Waals surface area contributed by atoms with E-state index in [1.165, 1.54) is 12.1 Å². The van der Waals surface area contributed by atoms with Crippen LogP contribution in [0.3, 0.4) is 0 Å². The Balaban J connectivity index is 2.08. The minimum atomic E-state index is -0.251. The third-order valence-electron chi connectivity index (χ3n) is 4.12. The molecule has 0 aromatic heterocycles. The van der Waals surface area contributed by atoms with Crippen LogP contribution in [0.25, 0.3) is 0 Å². The molecule has 1 saturated heterocycles. The van der Waals surface area contributed by atoms with Gasteiger partial charge in [-0.3, -0.25) is 4.79 Å². The molecule has 0 spiro atoms. The second kappa shape index (κ2) is 5.70. The van der Waals surface area contributed by atoms with Gasteiger partial charge >= 0.3 is 0 Å². The van der Waals surface area contributed by atoms with Crippen LogP contribution < -0.4 is 5.32 Å². The van der Waals surface area contributed by atoms with E-state index >= 15 is 0 Å². The molecule has 19 heavy (non-hydrogen) atoms. The van der Waals surface area contributed by atoms with Crippen molar-refractivity contribution < 1.29 is 9.18 Å². The van der Waals surface area contributed by atoms with Gasteiger partial charge in [0.2, 0.25) is 5.91 Å². The first-order chi connectivity index (χ1) is 9.00. The summed E-state index contributed by atoms with van der Waals surface area (Å²) in [5, 5.41) is 3.25. The van der Waals surface area contributed by atoms with Gasteiger partial charge in [0.25, 0.3) is 0 Å². The summed E-state index contributed by atoms with van der Waals surface area (Å²) in [5.41, 5.74) is 0.954. The molecule has 3 nitrogen and oxygen atoms in total. The number of benzene rings is 1. The Morgan fingerprint density at radius 2 is 2.00 bits per heavy atom. The maximum atomic E-state index is 12.9. The molecule has 1 N–H and O–H groups in total. The Morgan fingerprint density at radius 3 is 2.53 bits per heavy atom. The molecular weight excluding hydrogens is 243 g/mol. The molecule has 1 amide bonds. The topological polar surface area (TPSA) is 32.3 Å². The lowest BCUT2D eigenvalue weighted by molar-refractivity contribution is -0.136. The molecule has 0 radical (unpaired) electrons. The maximum absolute atomic E-state index is 12.9. The lowest BCUT2D eigenvalue weighted by Crippen LogP contribution is -2.37. The largest absolute Gasteiger partial charge is 0.339 e. The van der Waals surface area contributed by atoms with Gasteiger partial charge in [0.15, 0.2) is 0 Å². The standard InChI is InChI=1S/C15H21FN2O/c1-10-8-17-9-14(10)15(19)18(3)11(2)12-4-6-13(16)7-5-12/h4-7,10-11,14,17H,8-9H2,1-3H3/t10-,11?,14-/m1/s1. The highest BCUT2D eigenvalue weighted by atomic mass is 19.1. The zero-order valence-corrected chi connectivity index (χ0v) is 11.7. The molecule has 2 rings (SSSR count). The molecule has 3 atom stereocenters. The van der Waals surface area contributed by atoms with Gasteiger partial charge in [0.05, 0.1) is 12.0 Å². The molecular formula is C15H21FN2O. The minimum absolute atomic E-state index is 0.0408. The van der Waals surface area contributed by atoms with E-state index in [9.17, 15) is 9.18 Å². The van der Waals surface area contributed by atoms with Gasteiger partial charge < -0.3 is 10.2 Å². The number of carbonyl (C=O) groups excluding carboxylic acids is 1. The summed E-state index contributed by atoms with van der Waals surface area (Å²) in [7, 11) is 1.82. The first-order valence-electron chi connectivity index (χ1n) is 6.73. The summed E-state index contributed by atoms with van der Waals surface area (Å²) in [6.07, 6.45) is 0. The van der Waals surface area contributed by atoms with Crippen molar-refractivity contribution in [2.24, 2.45) is 11.8 Å². The summed E-state index contributed by atoms with van der Waals surface area (Å²) in [4.78, 5) is 14.2. The van der Waals surface area contributed by atoms with Crippen molar-refractivity contribution in [1.29, 1.82) is 0 Å². The number of amides is 1. The molecule has 1 fully saturated rings. The van der Waals surface area contributed by atoms with E-state index in [-0.39, 0.29) is 23.7 Å². The fourth-order valence-corrected chi connectivity index (χ4v) is 2.56. The molecule has 0 aliphatic carbocycles. The van der Waals surface area contributed by atoms with E-state index < -0.39 is 0 Å². The van der Waals surface area contributed by atoms with Crippen molar-refractivity contribution in [3.63, 3.8) is 0 Å². The monoisotopic (exact) mass is 264 g/mol. The van der Waals surface area contributed by atoms with Gasteiger partial charge in [0, 0.05) is 13.6 Å². The average Bonchev–Trinajstić information content (AvgIpc) is 2.83. The van der Waals surface area contributed by atoms with E-state index in [4.69, 9.17) is 0 Å². The first-order valence-corrected chi connectivity index (χ1v) is 6.73. The zero-order valence-electron chi connectivity index (χ0n) is 11.7. The number of rotatable bonds is 3. The van der Waals surface area contributed by atoms with Crippen LogP contribution in [0.2, 0.25) is 0 Å². The van der Waals surface area contributed by atoms with Crippen LogP contribution in [0.15, 0.2) is 24.3 Å². The van der Waals surface area contributed by atoms with Gasteiger partial charge in [-0.1, -0.05) is 19.1 Å². The molecule has 0 bridgehead atoms. The Labute approximate surface area is 113 Å². The number of hydrogen-bond acceptors (Lipinski definition) is 2. The molecule has 4 heteroatoms. The normalized spacial score (nSPS) is 24.2. The molecule has 1 aromatic rings. The van der Waals surface area contributed by atoms with Crippen LogP contribution in [0.4, 0.5) is 4.39 Å². The number of halogens is 1. The molecule has 1 aromatic carbocycles. The van der Waals surface area contributed by atoms with Crippen molar-refractivity contribution in [3.8, 4) is 0 Å². The van der Waals surface area contributed by atoms with Crippen LogP contribution in [-0.4, -0.2) is 30.9 Å². The van der Waals surface area contributed by atoms with Crippen LogP contribution in [0.1, 0.15) is 25.5 Å². The highest BCUT2D eigenvalue weighted by molar-refractivity contribution is 5.80. The minimum Gasteiger partial charge on any atom is -0.339 e. The van der Waals surface area contributed by atoms with Gasteiger partial charge in [0.1, 0.15) is 5.82 Å². The Kier molecular flexibility index (Phi) is 4.20. The molecule has 104 valence electrons. The van der Waals surface area contributed by atoms with Crippen molar-refractivity contribution in [2.75, 3.05) is 20.1 Å². The van der Waals surface area contributed by atoms with Gasteiger partial charge in [-0.15, -0.1) is 0 Å². The predicted molar refractivity (Wildman–Crippen MR) is 73.1 cm³/mol. The van der Waals surface area contributed by atoms with E-state index in [2.05, 4.69) is 12.2 Å². The van der Waals surface area contributed by atoms with Gasteiger partial charge in [-0.05, 0) is 37.1 Å². The number of nitrogens with zero attached hydrogens (tertiary/aromatic N) is 1. The highest BCUT2D eigenvalue weighted by Crippen LogP contribution is 2.24. The smallest absolute Gasteiger partial charge is 0.227 e. The first kappa shape index (κ1) is 14.0. The number of hydrogen-bond donors (Lipinski definition) is 1. The van der Waals surface area contributed by atoms with Gasteiger partial charge in [-0.2, -0.15) is 0 Å². The van der Waals surface area contributed by atoms with E-state index in [1.54, 1.807) is 17.0 Å². The third-order valence-corrected chi connectivity index (χ3v) is 4.12. The zero-order chi connectivity index (χ0) is 14.0. The van der Waals surface area contributed by atoms with Crippen LogP contribution in [0.5, 0.6) is 0 Å². The molecule has 1 unspecified atom stereocenters. The van der Waals surface area contributed by atoms with Crippen molar-refractivity contribution >= 4 is 5.91 Å². The Morgan fingerprint density at radius 1 is 1.37 bits per heavy atom. The molecule has 0 saturated carbocycles. The summed E-state index contributed by atoms with van der Waals surface area (Å²) >= 11 is 0. The summed E-state index contributed by atoms with van der Waals surface area (Å²) in [6, 6.07) is 6.30. The number of carbonyl (C=O) groups is 1. The molecule has 1 heterocycles. The van der Waals surface area contributed by atoms with E-state index in [0.717, 1.165) is 18.7 Å². The molecule has 1 aliphatic heterocycles. The molecule has 1 aliphatic rings. The summed E-state index contributed by atoms with van der Waals surface area (Å²) < 4.78 is 12.9. The van der Waals surface area contributed by atoms with E-state index in [0.29, 0.717) is 5.92 Å². The Bertz CT molecular complexity index is 446. The van der Waals surface area contributed by atoms with Crippen molar-refractivity contribution in [3.05, 3.63) is 35.6 Å². The second-order valence-electron chi connectivity index (χ2n) is 5.42. The maximum Gasteiger partial charge on any atom is 0.227 e. The third kappa shape index (κ3) is 2.95. The Hall–Kier alpha value is -1.42. The van der Waals surface area contributed by atoms with Crippen LogP contribution >= 0.6 is 0 Å². The summed E-state index contributed by atoms with van der Waals surface area (Å²) in [6.45, 7) is 5.72. The second-order valence-corrected chi connectivity index (χ2v) is 5.42. The lowest BCUT2D eigenvalue weighted by atomic mass is 9.95. The van der Waals surface area contributed by atoms with Crippen LogP contribution in [-0.2, 0) is 4.79 Å².